The highest BCUT2D eigenvalue weighted by molar-refractivity contribution is 7.80. The van der Waals surface area contributed by atoms with Crippen molar-refractivity contribution in [1.29, 1.82) is 0 Å². The lowest BCUT2D eigenvalue weighted by molar-refractivity contribution is 0.0904. The van der Waals surface area contributed by atoms with E-state index in [-0.39, 0.29) is 11.7 Å². The largest absolute Gasteiger partial charge is 0.497 e. The van der Waals surface area contributed by atoms with E-state index in [2.05, 4.69) is 10.3 Å². The van der Waals surface area contributed by atoms with Crippen LogP contribution < -0.4 is 15.6 Å². The molecule has 2 N–H and O–H groups in total. The summed E-state index contributed by atoms with van der Waals surface area (Å²) in [7, 11) is 1.63. The van der Waals surface area contributed by atoms with Crippen molar-refractivity contribution in [2.75, 3.05) is 25.6 Å². The number of nitrogens with zero attached hydrogens (tertiary/aromatic N) is 1. The standard InChI is InChI=1S/C24H27N3O3S/c1-16-6-3-7-17-12-18(23(28)26-22(16)17)14-27(15-21-10-5-11-30-21)24(31)25-19-8-4-9-20(13-19)29-2/h3-4,6-9,12-13,21H,5,10-11,14-15H2,1-2H3,(H,25,31)(H,26,28)/t21-/m0/s1. The number of benzene rings is 2. The second kappa shape index (κ2) is 9.49. The molecule has 1 atom stereocenters. The fourth-order valence-corrected chi connectivity index (χ4v) is 4.17. The van der Waals surface area contributed by atoms with E-state index in [1.165, 1.54) is 0 Å². The van der Waals surface area contributed by atoms with Crippen LogP contribution in [0.5, 0.6) is 5.75 Å². The van der Waals surface area contributed by atoms with Crippen LogP contribution >= 0.6 is 12.2 Å². The first-order valence-electron chi connectivity index (χ1n) is 10.5. The highest BCUT2D eigenvalue weighted by atomic mass is 32.1. The van der Waals surface area contributed by atoms with Gasteiger partial charge in [0.05, 0.1) is 25.3 Å². The molecule has 2 heterocycles. The third-order valence-corrected chi connectivity index (χ3v) is 5.94. The van der Waals surface area contributed by atoms with Gasteiger partial charge in [-0.3, -0.25) is 4.79 Å². The second-order valence-electron chi connectivity index (χ2n) is 7.84. The Morgan fingerprint density at radius 3 is 2.90 bits per heavy atom. The Kier molecular flexibility index (Phi) is 6.53. The number of aryl methyl sites for hydroxylation is 1. The predicted octanol–water partition coefficient (Wildman–Crippen LogP) is 4.22. The maximum absolute atomic E-state index is 12.8. The number of para-hydroxylation sites is 1. The summed E-state index contributed by atoms with van der Waals surface area (Å²) in [6, 6.07) is 15.6. The van der Waals surface area contributed by atoms with E-state index in [0.29, 0.717) is 23.8 Å². The molecule has 31 heavy (non-hydrogen) atoms. The van der Waals surface area contributed by atoms with E-state index in [4.69, 9.17) is 21.7 Å². The van der Waals surface area contributed by atoms with Gasteiger partial charge in [0, 0.05) is 30.5 Å². The molecule has 1 aliphatic heterocycles. The van der Waals surface area contributed by atoms with Crippen LogP contribution in [-0.2, 0) is 11.3 Å². The average molecular weight is 438 g/mol. The summed E-state index contributed by atoms with van der Waals surface area (Å²) < 4.78 is 11.1. The maximum Gasteiger partial charge on any atom is 0.253 e. The van der Waals surface area contributed by atoms with Crippen LogP contribution in [-0.4, -0.2) is 41.4 Å². The van der Waals surface area contributed by atoms with Crippen molar-refractivity contribution >= 4 is 33.9 Å². The monoisotopic (exact) mass is 437 g/mol. The fourth-order valence-electron chi connectivity index (χ4n) is 3.91. The molecule has 7 heteroatoms. The minimum Gasteiger partial charge on any atom is -0.497 e. The number of methoxy groups -OCH3 is 1. The topological polar surface area (TPSA) is 66.6 Å². The number of rotatable bonds is 6. The Morgan fingerprint density at radius 1 is 1.29 bits per heavy atom. The molecule has 3 aromatic rings. The van der Waals surface area contributed by atoms with Crippen LogP contribution in [0.3, 0.4) is 0 Å². The molecule has 1 fully saturated rings. The van der Waals surface area contributed by atoms with Crippen LogP contribution in [0.25, 0.3) is 10.9 Å². The first kappa shape index (κ1) is 21.3. The SMILES string of the molecule is COc1cccc(NC(=S)N(Cc2cc3cccc(C)c3[nH]c2=O)C[C@@H]2CCCO2)c1. The smallest absolute Gasteiger partial charge is 0.253 e. The van der Waals surface area contributed by atoms with E-state index < -0.39 is 0 Å². The van der Waals surface area contributed by atoms with Crippen LogP contribution in [0.4, 0.5) is 5.69 Å². The number of H-pyrrole nitrogens is 1. The maximum atomic E-state index is 12.8. The molecule has 162 valence electrons. The van der Waals surface area contributed by atoms with E-state index in [0.717, 1.165) is 47.4 Å². The molecule has 1 aromatic heterocycles. The van der Waals surface area contributed by atoms with Crippen LogP contribution in [0.1, 0.15) is 24.0 Å². The van der Waals surface area contributed by atoms with Gasteiger partial charge in [-0.15, -0.1) is 0 Å². The number of hydrogen-bond acceptors (Lipinski definition) is 4. The number of fused-ring (bicyclic) bond motifs is 1. The first-order valence-corrected chi connectivity index (χ1v) is 10.9. The van der Waals surface area contributed by atoms with Crippen molar-refractivity contribution in [2.45, 2.75) is 32.4 Å². The number of ether oxygens (including phenoxy) is 2. The summed E-state index contributed by atoms with van der Waals surface area (Å²) in [5.74, 6) is 0.750. The first-order chi connectivity index (χ1) is 15.0. The van der Waals surface area contributed by atoms with E-state index in [1.54, 1.807) is 7.11 Å². The highest BCUT2D eigenvalue weighted by Gasteiger charge is 2.22. The summed E-state index contributed by atoms with van der Waals surface area (Å²) in [4.78, 5) is 17.9. The summed E-state index contributed by atoms with van der Waals surface area (Å²) >= 11 is 5.74. The van der Waals surface area contributed by atoms with Gasteiger partial charge < -0.3 is 24.7 Å². The molecule has 4 rings (SSSR count). The van der Waals surface area contributed by atoms with Crippen molar-refractivity contribution in [3.8, 4) is 5.75 Å². The molecule has 0 aliphatic carbocycles. The molecule has 0 amide bonds. The number of anilines is 1. The summed E-state index contributed by atoms with van der Waals surface area (Å²) in [6.45, 7) is 3.79. The Balaban J connectivity index is 1.60. The van der Waals surface area contributed by atoms with E-state index >= 15 is 0 Å². The van der Waals surface area contributed by atoms with E-state index in [9.17, 15) is 4.79 Å². The fraction of sp³-hybridized carbons (Fsp3) is 0.333. The van der Waals surface area contributed by atoms with Gasteiger partial charge in [0.25, 0.3) is 5.56 Å². The Hall–Kier alpha value is -2.90. The van der Waals surface area contributed by atoms with Crippen LogP contribution in [0, 0.1) is 6.92 Å². The molecule has 0 saturated carbocycles. The van der Waals surface area contributed by atoms with Crippen molar-refractivity contribution in [2.24, 2.45) is 0 Å². The van der Waals surface area contributed by atoms with Gasteiger partial charge in [0.2, 0.25) is 0 Å². The van der Waals surface area contributed by atoms with Crippen molar-refractivity contribution < 1.29 is 9.47 Å². The molecule has 6 nitrogen and oxygen atoms in total. The third kappa shape index (κ3) is 5.06. The molecular weight excluding hydrogens is 410 g/mol. The minimum absolute atomic E-state index is 0.0941. The van der Waals surface area contributed by atoms with Gasteiger partial charge >= 0.3 is 0 Å². The van der Waals surface area contributed by atoms with Gasteiger partial charge in [-0.1, -0.05) is 24.3 Å². The van der Waals surface area contributed by atoms with Crippen molar-refractivity contribution in [3.63, 3.8) is 0 Å². The second-order valence-corrected chi connectivity index (χ2v) is 8.23. The number of aromatic nitrogens is 1. The lowest BCUT2D eigenvalue weighted by atomic mass is 10.1. The number of hydrogen-bond donors (Lipinski definition) is 2. The third-order valence-electron chi connectivity index (χ3n) is 5.58. The average Bonchev–Trinajstić information content (AvgIpc) is 3.28. The van der Waals surface area contributed by atoms with Crippen molar-refractivity contribution in [1.82, 2.24) is 9.88 Å². The van der Waals surface area contributed by atoms with Gasteiger partial charge in [-0.25, -0.2) is 0 Å². The summed E-state index contributed by atoms with van der Waals surface area (Å²) in [5.41, 5.74) is 3.34. The Morgan fingerprint density at radius 2 is 2.13 bits per heavy atom. The molecule has 0 unspecified atom stereocenters. The van der Waals surface area contributed by atoms with Gasteiger partial charge in [0.15, 0.2) is 5.11 Å². The predicted molar refractivity (Wildman–Crippen MR) is 128 cm³/mol. The number of thiocarbonyl (C=S) groups is 1. The quantitative estimate of drug-likeness (QED) is 0.563. The molecule has 0 radical (unpaired) electrons. The van der Waals surface area contributed by atoms with E-state index in [1.807, 2.05) is 60.4 Å². The molecular formula is C24H27N3O3S. The molecule has 2 aromatic carbocycles. The number of aromatic amines is 1. The normalized spacial score (nSPS) is 15.7. The van der Waals surface area contributed by atoms with Gasteiger partial charge in [-0.05, 0) is 61.1 Å². The zero-order valence-electron chi connectivity index (χ0n) is 17.8. The van der Waals surface area contributed by atoms with Gasteiger partial charge in [-0.2, -0.15) is 0 Å². The molecule has 0 bridgehead atoms. The highest BCUT2D eigenvalue weighted by Crippen LogP contribution is 2.20. The Bertz CT molecular complexity index is 1140. The minimum atomic E-state index is -0.0941. The number of nitrogens with one attached hydrogen (secondary N) is 2. The zero-order chi connectivity index (χ0) is 21.8. The lowest BCUT2D eigenvalue weighted by Gasteiger charge is -2.28. The molecule has 1 aliphatic rings. The van der Waals surface area contributed by atoms with Crippen LogP contribution in [0.15, 0.2) is 53.3 Å². The molecule has 1 saturated heterocycles. The van der Waals surface area contributed by atoms with Crippen molar-refractivity contribution in [3.05, 3.63) is 70.0 Å². The van der Waals surface area contributed by atoms with Gasteiger partial charge in [0.1, 0.15) is 5.75 Å². The van der Waals surface area contributed by atoms with Crippen LogP contribution in [0.2, 0.25) is 0 Å². The summed E-state index contributed by atoms with van der Waals surface area (Å²) in [6.07, 6.45) is 2.14. The summed E-state index contributed by atoms with van der Waals surface area (Å²) in [5, 5.41) is 4.85. The Labute approximate surface area is 187 Å². The lowest BCUT2D eigenvalue weighted by Crippen LogP contribution is -2.40. The zero-order valence-corrected chi connectivity index (χ0v) is 18.6. The number of pyridine rings is 1. The molecule has 0 spiro atoms.